The van der Waals surface area contributed by atoms with E-state index in [1.807, 2.05) is 0 Å². The minimum Gasteiger partial charge on any atom is -0.457 e. The smallest absolute Gasteiger partial charge is 0.375 e. The summed E-state index contributed by atoms with van der Waals surface area (Å²) in [4.78, 5) is 21.8. The lowest BCUT2D eigenvalue weighted by molar-refractivity contribution is -0.161. The topological polar surface area (TPSA) is 61.8 Å². The van der Waals surface area contributed by atoms with Crippen molar-refractivity contribution >= 4 is 27.7 Å². The molecule has 0 bridgehead atoms. The molecule has 0 N–H and O–H groups in total. The van der Waals surface area contributed by atoms with Crippen molar-refractivity contribution in [3.63, 3.8) is 0 Å². The number of ketones is 1. The summed E-state index contributed by atoms with van der Waals surface area (Å²) in [6.45, 7) is 3.96. The molecule has 0 aromatic rings. The van der Waals surface area contributed by atoms with Gasteiger partial charge in [-0.25, -0.2) is 4.79 Å². The molecule has 1 aliphatic heterocycles. The highest BCUT2D eigenvalue weighted by molar-refractivity contribution is 9.09. The van der Waals surface area contributed by atoms with E-state index in [0.29, 0.717) is 6.61 Å². The van der Waals surface area contributed by atoms with E-state index < -0.39 is 17.5 Å². The molecule has 0 amide bonds. The summed E-state index contributed by atoms with van der Waals surface area (Å²) >= 11 is 2.88. The summed E-state index contributed by atoms with van der Waals surface area (Å²) in [7, 11) is 0. The Kier molecular flexibility index (Phi) is 4.24. The number of esters is 1. The average Bonchev–Trinajstić information content (AvgIpc) is 2.53. The van der Waals surface area contributed by atoms with E-state index in [9.17, 15) is 9.59 Å². The predicted octanol–water partition coefficient (Wildman–Crippen LogP) is 0.645. The summed E-state index contributed by atoms with van der Waals surface area (Å²) in [6.07, 6.45) is -0.299. The highest BCUT2D eigenvalue weighted by Gasteiger charge is 2.33. The van der Waals surface area contributed by atoms with E-state index in [0.717, 1.165) is 0 Å². The van der Waals surface area contributed by atoms with Gasteiger partial charge in [-0.3, -0.25) is 4.79 Å². The van der Waals surface area contributed by atoms with Crippen molar-refractivity contribution in [1.29, 1.82) is 0 Å². The molecular formula is C9H13BrO5. The van der Waals surface area contributed by atoms with Gasteiger partial charge in [0.15, 0.2) is 5.79 Å². The van der Waals surface area contributed by atoms with Gasteiger partial charge in [-0.15, -0.1) is 0 Å². The third-order valence-electron chi connectivity index (χ3n) is 1.82. The van der Waals surface area contributed by atoms with Crippen LogP contribution in [-0.4, -0.2) is 42.2 Å². The van der Waals surface area contributed by atoms with E-state index in [2.05, 4.69) is 15.9 Å². The molecule has 1 aliphatic rings. The summed E-state index contributed by atoms with van der Waals surface area (Å²) in [6, 6.07) is 0. The van der Waals surface area contributed by atoms with Crippen molar-refractivity contribution in [2.75, 3.05) is 18.5 Å². The van der Waals surface area contributed by atoms with Crippen molar-refractivity contribution in [2.45, 2.75) is 25.7 Å². The monoisotopic (exact) mass is 280 g/mol. The summed E-state index contributed by atoms with van der Waals surface area (Å²) < 4.78 is 15.4. The molecule has 15 heavy (non-hydrogen) atoms. The first kappa shape index (κ1) is 12.6. The van der Waals surface area contributed by atoms with Crippen molar-refractivity contribution in [3.05, 3.63) is 0 Å². The van der Waals surface area contributed by atoms with Gasteiger partial charge in [-0.1, -0.05) is 15.9 Å². The first-order valence-corrected chi connectivity index (χ1v) is 5.64. The van der Waals surface area contributed by atoms with E-state index >= 15 is 0 Å². The van der Waals surface area contributed by atoms with Crippen LogP contribution in [0.4, 0.5) is 0 Å². The molecule has 6 heteroatoms. The number of hydrogen-bond donors (Lipinski definition) is 0. The van der Waals surface area contributed by atoms with Crippen molar-refractivity contribution in [3.8, 4) is 0 Å². The first-order valence-electron chi connectivity index (χ1n) is 4.52. The lowest BCUT2D eigenvalue weighted by Gasteiger charge is -2.16. The Morgan fingerprint density at radius 3 is 2.67 bits per heavy atom. The maximum atomic E-state index is 11.0. The second-order valence-electron chi connectivity index (χ2n) is 3.61. The Morgan fingerprint density at radius 2 is 2.20 bits per heavy atom. The molecule has 0 spiro atoms. The van der Waals surface area contributed by atoms with Crippen LogP contribution in [0, 0.1) is 0 Å². The zero-order valence-corrected chi connectivity index (χ0v) is 10.2. The quantitative estimate of drug-likeness (QED) is 0.430. The normalized spacial score (nSPS) is 23.8. The number of hydrogen-bond acceptors (Lipinski definition) is 5. The van der Waals surface area contributed by atoms with Crippen molar-refractivity contribution < 1.29 is 23.8 Å². The lowest BCUT2D eigenvalue weighted by atomic mass is 10.4. The summed E-state index contributed by atoms with van der Waals surface area (Å²) in [5.74, 6) is -2.09. The van der Waals surface area contributed by atoms with Crippen LogP contribution in [0.3, 0.4) is 0 Å². The highest BCUT2D eigenvalue weighted by atomic mass is 79.9. The number of halogens is 1. The number of carbonyl (C=O) groups excluding carboxylic acids is 2. The molecule has 86 valence electrons. The molecule has 0 aromatic heterocycles. The third kappa shape index (κ3) is 3.89. The molecule has 0 radical (unpaired) electrons. The van der Waals surface area contributed by atoms with Crippen molar-refractivity contribution in [2.24, 2.45) is 0 Å². The summed E-state index contributed by atoms with van der Waals surface area (Å²) in [5.41, 5.74) is 0. The third-order valence-corrected chi connectivity index (χ3v) is 2.33. The second-order valence-corrected chi connectivity index (χ2v) is 4.17. The Morgan fingerprint density at radius 1 is 1.53 bits per heavy atom. The number of ether oxygens (including phenoxy) is 3. The van der Waals surface area contributed by atoms with Gasteiger partial charge in [0.1, 0.15) is 12.7 Å². The summed E-state index contributed by atoms with van der Waals surface area (Å²) in [5, 5.41) is -0.0284. The molecule has 1 unspecified atom stereocenters. The number of Topliss-reactive ketones (excluding diaryl/α,β-unsaturated/α-hetero) is 1. The van der Waals surface area contributed by atoms with E-state index in [1.165, 1.54) is 0 Å². The molecular weight excluding hydrogens is 268 g/mol. The van der Waals surface area contributed by atoms with Gasteiger partial charge in [0.05, 0.1) is 11.9 Å². The van der Waals surface area contributed by atoms with Gasteiger partial charge in [0.2, 0.25) is 5.78 Å². The molecule has 1 heterocycles. The van der Waals surface area contributed by atoms with Gasteiger partial charge in [0, 0.05) is 0 Å². The second kappa shape index (κ2) is 5.05. The van der Waals surface area contributed by atoms with Gasteiger partial charge in [-0.05, 0) is 13.8 Å². The van der Waals surface area contributed by atoms with Gasteiger partial charge in [-0.2, -0.15) is 0 Å². The SMILES string of the molecule is CC1(C)OCC(COC(=O)C(=O)CBr)O1. The van der Waals surface area contributed by atoms with Crippen LogP contribution in [0.5, 0.6) is 0 Å². The molecule has 1 saturated heterocycles. The zero-order chi connectivity index (χ0) is 11.5. The number of alkyl halides is 1. The van der Waals surface area contributed by atoms with Crippen LogP contribution in [0.2, 0.25) is 0 Å². The Hall–Kier alpha value is -0.460. The van der Waals surface area contributed by atoms with Crippen LogP contribution >= 0.6 is 15.9 Å². The number of carbonyl (C=O) groups is 2. The van der Waals surface area contributed by atoms with Crippen LogP contribution in [0.1, 0.15) is 13.8 Å². The molecule has 1 atom stereocenters. The largest absolute Gasteiger partial charge is 0.457 e. The fourth-order valence-electron chi connectivity index (χ4n) is 1.15. The maximum Gasteiger partial charge on any atom is 0.375 e. The van der Waals surface area contributed by atoms with Crippen LogP contribution in [0.15, 0.2) is 0 Å². The number of rotatable bonds is 4. The molecule has 0 saturated carbocycles. The molecule has 5 nitrogen and oxygen atoms in total. The van der Waals surface area contributed by atoms with Gasteiger partial charge < -0.3 is 14.2 Å². The lowest BCUT2D eigenvalue weighted by Crippen LogP contribution is -2.27. The minimum atomic E-state index is -0.847. The Labute approximate surface area is 96.2 Å². The fourth-order valence-corrected chi connectivity index (χ4v) is 1.38. The Balaban J connectivity index is 2.27. The van der Waals surface area contributed by atoms with Gasteiger partial charge >= 0.3 is 5.97 Å². The zero-order valence-electron chi connectivity index (χ0n) is 8.62. The molecule has 1 rings (SSSR count). The van der Waals surface area contributed by atoms with Crippen molar-refractivity contribution in [1.82, 2.24) is 0 Å². The maximum absolute atomic E-state index is 11.0. The van der Waals surface area contributed by atoms with E-state index in [1.54, 1.807) is 13.8 Å². The van der Waals surface area contributed by atoms with Crippen LogP contribution in [-0.2, 0) is 23.8 Å². The van der Waals surface area contributed by atoms with E-state index in [-0.39, 0.29) is 18.0 Å². The van der Waals surface area contributed by atoms with Crippen LogP contribution < -0.4 is 0 Å². The average molecular weight is 281 g/mol. The fraction of sp³-hybridized carbons (Fsp3) is 0.778. The Bertz CT molecular complexity index is 263. The molecule has 0 aromatic carbocycles. The first-order chi connectivity index (χ1) is 6.94. The predicted molar refractivity (Wildman–Crippen MR) is 54.7 cm³/mol. The van der Waals surface area contributed by atoms with Crippen LogP contribution in [0.25, 0.3) is 0 Å². The highest BCUT2D eigenvalue weighted by Crippen LogP contribution is 2.22. The standard InChI is InChI=1S/C9H13BrO5/c1-9(2)14-5-6(15-9)4-13-8(12)7(11)3-10/h6H,3-5H2,1-2H3. The van der Waals surface area contributed by atoms with Gasteiger partial charge in [0.25, 0.3) is 0 Å². The van der Waals surface area contributed by atoms with E-state index in [4.69, 9.17) is 14.2 Å². The minimum absolute atomic E-state index is 0.0284. The molecule has 1 fully saturated rings. The molecule has 0 aliphatic carbocycles.